The molecule has 13 heavy (non-hydrogen) atoms. The Morgan fingerprint density at radius 2 is 2.54 bits per heavy atom. The van der Waals surface area contributed by atoms with Crippen molar-refractivity contribution in [3.63, 3.8) is 0 Å². The van der Waals surface area contributed by atoms with E-state index in [2.05, 4.69) is 17.0 Å². The minimum atomic E-state index is -0.344. The summed E-state index contributed by atoms with van der Waals surface area (Å²) in [6, 6.07) is 0. The third-order valence-electron chi connectivity index (χ3n) is 1.87. The van der Waals surface area contributed by atoms with Gasteiger partial charge in [-0.2, -0.15) is 4.79 Å². The maximum Gasteiger partial charge on any atom is 0.360 e. The molecule has 0 aromatic heterocycles. The molecule has 1 atom stereocenters. The van der Waals surface area contributed by atoms with Gasteiger partial charge >= 0.3 is 11.6 Å². The summed E-state index contributed by atoms with van der Waals surface area (Å²) in [5.74, 6) is -0.344. The first kappa shape index (κ1) is 9.89. The molecule has 0 spiro atoms. The third kappa shape index (κ3) is 2.65. The van der Waals surface area contributed by atoms with Crippen LogP contribution in [0.15, 0.2) is 0 Å². The number of carbonyl (C=O) groups excluding carboxylic acids is 1. The lowest BCUT2D eigenvalue weighted by Crippen LogP contribution is -2.29. The van der Waals surface area contributed by atoms with Gasteiger partial charge in [0.25, 0.3) is 0 Å². The van der Waals surface area contributed by atoms with Crippen LogP contribution in [0.3, 0.4) is 0 Å². The second kappa shape index (κ2) is 4.74. The number of nitrogens with one attached hydrogen (secondary N) is 1. The summed E-state index contributed by atoms with van der Waals surface area (Å²) >= 11 is 0. The molecule has 1 aliphatic heterocycles. The van der Waals surface area contributed by atoms with Crippen molar-refractivity contribution >= 4 is 11.6 Å². The van der Waals surface area contributed by atoms with Crippen LogP contribution in [0.4, 0.5) is 0 Å². The molecule has 0 aromatic carbocycles. The molecule has 1 N–H and O–H groups in total. The maximum absolute atomic E-state index is 11.0. The number of rotatable bonds is 4. The molecule has 1 amide bonds. The van der Waals surface area contributed by atoms with E-state index in [1.807, 2.05) is 0 Å². The number of ether oxygens (including phenoxy) is 1. The Balaban J connectivity index is 2.32. The molecule has 5 nitrogen and oxygen atoms in total. The highest BCUT2D eigenvalue weighted by molar-refractivity contribution is 6.38. The van der Waals surface area contributed by atoms with Crippen molar-refractivity contribution < 1.29 is 14.3 Å². The monoisotopic (exact) mass is 183 g/mol. The summed E-state index contributed by atoms with van der Waals surface area (Å²) < 4.78 is 5.32. The maximum atomic E-state index is 11.0. The molecule has 0 aromatic rings. The number of hydrogen-bond acceptors (Lipinski definition) is 2. The average Bonchev–Trinajstić information content (AvgIpc) is 2.47. The lowest BCUT2D eigenvalue weighted by Gasteiger charge is -2.08. The molecule has 1 fully saturated rings. The smallest absolute Gasteiger partial charge is 0.360 e. The number of unbranched alkanes of at least 4 members (excludes halogenated alkanes) is 1. The summed E-state index contributed by atoms with van der Waals surface area (Å²) in [4.78, 5) is 13.8. The Morgan fingerprint density at radius 3 is 3.08 bits per heavy atom. The van der Waals surface area contributed by atoms with Crippen LogP contribution in [-0.4, -0.2) is 29.2 Å². The summed E-state index contributed by atoms with van der Waals surface area (Å²) in [5, 5.41) is 2.56. The van der Waals surface area contributed by atoms with Gasteiger partial charge in [-0.05, 0) is 6.42 Å². The van der Waals surface area contributed by atoms with Crippen molar-refractivity contribution in [2.24, 2.45) is 0 Å². The normalized spacial score (nSPS) is 21.5. The van der Waals surface area contributed by atoms with Gasteiger partial charge in [0, 0.05) is 6.61 Å². The lowest BCUT2D eigenvalue weighted by molar-refractivity contribution is -0.119. The highest BCUT2D eigenvalue weighted by atomic mass is 16.5. The van der Waals surface area contributed by atoms with E-state index in [0.717, 1.165) is 12.8 Å². The van der Waals surface area contributed by atoms with Crippen molar-refractivity contribution in [2.75, 3.05) is 6.61 Å². The van der Waals surface area contributed by atoms with Crippen LogP contribution >= 0.6 is 0 Å². The van der Waals surface area contributed by atoms with Gasteiger partial charge < -0.3 is 15.6 Å². The van der Waals surface area contributed by atoms with Crippen molar-refractivity contribution in [1.29, 1.82) is 0 Å². The van der Waals surface area contributed by atoms with Gasteiger partial charge in [-0.3, -0.25) is 4.79 Å². The second-order valence-electron chi connectivity index (χ2n) is 2.94. The molecular formula is C8H13N3O2. The molecule has 1 heterocycles. The number of hydrogen-bond donors (Lipinski definition) is 1. The fourth-order valence-corrected chi connectivity index (χ4v) is 1.11. The molecule has 0 bridgehead atoms. The predicted octanol–water partition coefficient (Wildman–Crippen LogP) is 0.320. The molecule has 1 rings (SSSR count). The minimum absolute atomic E-state index is 0.140. The van der Waals surface area contributed by atoms with Crippen LogP contribution in [0.5, 0.6) is 0 Å². The van der Waals surface area contributed by atoms with E-state index in [1.165, 1.54) is 0 Å². The zero-order valence-electron chi connectivity index (χ0n) is 7.62. The number of carbonyl (C=O) groups is 1. The van der Waals surface area contributed by atoms with Crippen LogP contribution in [0, 0.1) is 0 Å². The van der Waals surface area contributed by atoms with E-state index in [1.54, 1.807) is 0 Å². The van der Waals surface area contributed by atoms with Crippen LogP contribution in [0.1, 0.15) is 26.2 Å². The first-order valence-electron chi connectivity index (χ1n) is 4.41. The molecule has 72 valence electrons. The Morgan fingerprint density at radius 1 is 1.77 bits per heavy atom. The quantitative estimate of drug-likeness (QED) is 0.387. The van der Waals surface area contributed by atoms with Crippen LogP contribution in [-0.2, 0) is 9.53 Å². The van der Waals surface area contributed by atoms with Gasteiger partial charge in [-0.1, -0.05) is 13.3 Å². The first-order chi connectivity index (χ1) is 6.27. The molecule has 0 aliphatic carbocycles. The van der Waals surface area contributed by atoms with E-state index in [9.17, 15) is 4.79 Å². The molecule has 1 aliphatic rings. The first-order valence-corrected chi connectivity index (χ1v) is 4.41. The molecule has 0 saturated carbocycles. The average molecular weight is 183 g/mol. The Labute approximate surface area is 76.7 Å². The van der Waals surface area contributed by atoms with Crippen LogP contribution in [0.25, 0.3) is 5.53 Å². The molecule has 5 heteroatoms. The standard InChI is InChI=1S/C8H13N3O2/c1-2-3-4-13-7-5-6(11-9)8(12)10-7/h7H,2-5H2,1H3,(H,10,12). The summed E-state index contributed by atoms with van der Waals surface area (Å²) in [7, 11) is 0. The highest BCUT2D eigenvalue weighted by Crippen LogP contribution is 2.05. The molecule has 0 radical (unpaired) electrons. The van der Waals surface area contributed by atoms with Crippen LogP contribution in [0.2, 0.25) is 0 Å². The van der Waals surface area contributed by atoms with E-state index < -0.39 is 0 Å². The molecule has 1 saturated heterocycles. The van der Waals surface area contributed by atoms with E-state index in [-0.39, 0.29) is 17.8 Å². The summed E-state index contributed by atoms with van der Waals surface area (Å²) in [6.07, 6.45) is 2.06. The van der Waals surface area contributed by atoms with Gasteiger partial charge in [0.15, 0.2) is 0 Å². The van der Waals surface area contributed by atoms with E-state index in [4.69, 9.17) is 10.3 Å². The lowest BCUT2D eigenvalue weighted by atomic mass is 10.3. The zero-order valence-corrected chi connectivity index (χ0v) is 7.62. The van der Waals surface area contributed by atoms with Crippen LogP contribution < -0.4 is 5.32 Å². The van der Waals surface area contributed by atoms with E-state index in [0.29, 0.717) is 13.0 Å². The SMILES string of the molecule is CCCCOC1CC(=[N+]=[N-])C(=O)N1. The molecule has 1 unspecified atom stereocenters. The van der Waals surface area contributed by atoms with Crippen molar-refractivity contribution in [3.05, 3.63) is 5.53 Å². The van der Waals surface area contributed by atoms with Gasteiger partial charge in [0.1, 0.15) is 12.6 Å². The van der Waals surface area contributed by atoms with Gasteiger partial charge in [0.05, 0.1) is 0 Å². The van der Waals surface area contributed by atoms with Crippen molar-refractivity contribution in [3.8, 4) is 0 Å². The fraction of sp³-hybridized carbons (Fsp3) is 0.750. The van der Waals surface area contributed by atoms with E-state index >= 15 is 0 Å². The Kier molecular flexibility index (Phi) is 3.61. The minimum Gasteiger partial charge on any atom is -0.361 e. The highest BCUT2D eigenvalue weighted by Gasteiger charge is 2.34. The number of amides is 1. The molecular weight excluding hydrogens is 170 g/mol. The largest absolute Gasteiger partial charge is 0.361 e. The topological polar surface area (TPSA) is 74.7 Å². The summed E-state index contributed by atoms with van der Waals surface area (Å²) in [5.41, 5.74) is 8.54. The zero-order chi connectivity index (χ0) is 9.68. The number of nitrogens with zero attached hydrogens (tertiary/aromatic N) is 2. The van der Waals surface area contributed by atoms with Crippen molar-refractivity contribution in [2.45, 2.75) is 32.4 Å². The van der Waals surface area contributed by atoms with Gasteiger partial charge in [-0.15, -0.1) is 0 Å². The van der Waals surface area contributed by atoms with Gasteiger partial charge in [-0.25, -0.2) is 0 Å². The second-order valence-corrected chi connectivity index (χ2v) is 2.94. The van der Waals surface area contributed by atoms with Gasteiger partial charge in [0.2, 0.25) is 0 Å². The van der Waals surface area contributed by atoms with Crippen molar-refractivity contribution in [1.82, 2.24) is 5.32 Å². The summed E-state index contributed by atoms with van der Waals surface area (Å²) in [6.45, 7) is 2.69. The fourth-order valence-electron chi connectivity index (χ4n) is 1.11. The third-order valence-corrected chi connectivity index (χ3v) is 1.87. The predicted molar refractivity (Wildman–Crippen MR) is 46.0 cm³/mol. The Hall–Kier alpha value is -1.19. The Bertz CT molecular complexity index is 246.